The van der Waals surface area contributed by atoms with Gasteiger partial charge in [-0.3, -0.25) is 0 Å². The molecule has 5 atom stereocenters. The molecule has 0 amide bonds. The minimum absolute atomic E-state index is 0.349. The van der Waals surface area contributed by atoms with Crippen molar-refractivity contribution in [1.82, 2.24) is 0 Å². The van der Waals surface area contributed by atoms with Gasteiger partial charge in [0.15, 0.2) is 0 Å². The van der Waals surface area contributed by atoms with Gasteiger partial charge in [-0.2, -0.15) is 0 Å². The molecule has 1 N–H and O–H groups in total. The summed E-state index contributed by atoms with van der Waals surface area (Å²) in [6.45, 7) is 4.78. The van der Waals surface area contributed by atoms with E-state index in [4.69, 9.17) is 4.74 Å². The van der Waals surface area contributed by atoms with Crippen LogP contribution >= 0.6 is 0 Å². The molecule has 2 rings (SSSR count). The summed E-state index contributed by atoms with van der Waals surface area (Å²) in [5, 5.41) is 9.29. The van der Waals surface area contributed by atoms with Crippen molar-refractivity contribution < 1.29 is 9.84 Å². The van der Waals surface area contributed by atoms with Crippen molar-refractivity contribution >= 4 is 0 Å². The van der Waals surface area contributed by atoms with E-state index in [9.17, 15) is 5.11 Å². The van der Waals surface area contributed by atoms with Crippen LogP contribution in [0.25, 0.3) is 0 Å². The first-order chi connectivity index (χ1) is 6.24. The van der Waals surface area contributed by atoms with E-state index < -0.39 is 0 Å². The van der Waals surface area contributed by atoms with E-state index in [0.29, 0.717) is 36.6 Å². The SMILES string of the molecule is C[C@@H]1[C@@H]2[C@@H](CO)CCC[C@H]2O[C@H]1C. The zero-order chi connectivity index (χ0) is 9.42. The highest BCUT2D eigenvalue weighted by molar-refractivity contribution is 4.92. The van der Waals surface area contributed by atoms with Gasteiger partial charge in [-0.05, 0) is 37.5 Å². The van der Waals surface area contributed by atoms with Gasteiger partial charge in [-0.25, -0.2) is 0 Å². The van der Waals surface area contributed by atoms with Crippen LogP contribution in [-0.4, -0.2) is 23.9 Å². The average Bonchev–Trinajstić information content (AvgIpc) is 2.43. The molecule has 2 nitrogen and oxygen atoms in total. The van der Waals surface area contributed by atoms with Crippen LogP contribution in [-0.2, 0) is 4.74 Å². The average molecular weight is 184 g/mol. The first-order valence-electron chi connectivity index (χ1n) is 5.50. The summed E-state index contributed by atoms with van der Waals surface area (Å²) in [5.74, 6) is 1.75. The molecule has 1 aliphatic heterocycles. The Balaban J connectivity index is 2.11. The Morgan fingerprint density at radius 2 is 2.08 bits per heavy atom. The maximum absolute atomic E-state index is 9.29. The number of rotatable bonds is 1. The number of ether oxygens (including phenoxy) is 1. The predicted octanol–water partition coefficient (Wildman–Crippen LogP) is 1.82. The first kappa shape index (κ1) is 9.47. The number of fused-ring (bicyclic) bond motifs is 1. The van der Waals surface area contributed by atoms with E-state index in [1.54, 1.807) is 0 Å². The number of hydrogen-bond donors (Lipinski definition) is 1. The molecule has 1 heterocycles. The minimum Gasteiger partial charge on any atom is -0.396 e. The van der Waals surface area contributed by atoms with E-state index in [1.165, 1.54) is 19.3 Å². The van der Waals surface area contributed by atoms with Crippen molar-refractivity contribution in [2.75, 3.05) is 6.61 Å². The molecule has 1 aliphatic carbocycles. The van der Waals surface area contributed by atoms with Gasteiger partial charge in [0.05, 0.1) is 12.2 Å². The lowest BCUT2D eigenvalue weighted by Gasteiger charge is -2.33. The second-order valence-electron chi connectivity index (χ2n) is 4.69. The lowest BCUT2D eigenvalue weighted by Crippen LogP contribution is -2.34. The summed E-state index contributed by atoms with van der Waals surface area (Å²) in [7, 11) is 0. The highest BCUT2D eigenvalue weighted by atomic mass is 16.5. The zero-order valence-electron chi connectivity index (χ0n) is 8.57. The van der Waals surface area contributed by atoms with Crippen LogP contribution in [0.5, 0.6) is 0 Å². The van der Waals surface area contributed by atoms with Crippen molar-refractivity contribution in [2.45, 2.75) is 45.3 Å². The smallest absolute Gasteiger partial charge is 0.0614 e. The Bertz CT molecular complexity index is 175. The summed E-state index contributed by atoms with van der Waals surface area (Å²) >= 11 is 0. The van der Waals surface area contributed by atoms with E-state index >= 15 is 0 Å². The van der Waals surface area contributed by atoms with Crippen LogP contribution in [0.2, 0.25) is 0 Å². The van der Waals surface area contributed by atoms with Gasteiger partial charge in [0.2, 0.25) is 0 Å². The monoisotopic (exact) mass is 184 g/mol. The summed E-state index contributed by atoms with van der Waals surface area (Å²) in [6, 6.07) is 0. The maximum Gasteiger partial charge on any atom is 0.0614 e. The lowest BCUT2D eigenvalue weighted by molar-refractivity contribution is 0.00329. The number of hydrogen-bond acceptors (Lipinski definition) is 2. The van der Waals surface area contributed by atoms with Gasteiger partial charge in [0.1, 0.15) is 0 Å². The molecule has 0 radical (unpaired) electrons. The zero-order valence-corrected chi connectivity index (χ0v) is 8.57. The molecule has 0 bridgehead atoms. The van der Waals surface area contributed by atoms with E-state index in [2.05, 4.69) is 13.8 Å². The molecule has 0 aromatic rings. The van der Waals surface area contributed by atoms with Gasteiger partial charge >= 0.3 is 0 Å². The summed E-state index contributed by atoms with van der Waals surface area (Å²) in [5.41, 5.74) is 0. The van der Waals surface area contributed by atoms with Gasteiger partial charge < -0.3 is 9.84 Å². The normalized spacial score (nSPS) is 50.5. The van der Waals surface area contributed by atoms with E-state index in [1.807, 2.05) is 0 Å². The van der Waals surface area contributed by atoms with Crippen molar-refractivity contribution in [2.24, 2.45) is 17.8 Å². The fourth-order valence-electron chi connectivity index (χ4n) is 3.12. The molecule has 0 aromatic carbocycles. The topological polar surface area (TPSA) is 29.5 Å². The van der Waals surface area contributed by atoms with E-state index in [0.717, 1.165) is 0 Å². The molecule has 2 heteroatoms. The fourth-order valence-corrected chi connectivity index (χ4v) is 3.12. The standard InChI is InChI=1S/C11H20O2/c1-7-8(2)13-10-5-3-4-9(6-12)11(7)10/h7-12H,3-6H2,1-2H3/t7-,8-,9+,10+,11+/m0/s1. The number of aliphatic hydroxyl groups is 1. The Hall–Kier alpha value is -0.0800. The third-order valence-electron chi connectivity index (χ3n) is 4.01. The largest absolute Gasteiger partial charge is 0.396 e. The molecule has 0 aromatic heterocycles. The third-order valence-corrected chi connectivity index (χ3v) is 4.01. The van der Waals surface area contributed by atoms with Crippen LogP contribution in [0.3, 0.4) is 0 Å². The van der Waals surface area contributed by atoms with Crippen molar-refractivity contribution in [3.63, 3.8) is 0 Å². The first-order valence-corrected chi connectivity index (χ1v) is 5.50. The Kier molecular flexibility index (Phi) is 2.61. The molecule has 0 unspecified atom stereocenters. The summed E-state index contributed by atoms with van der Waals surface area (Å²) < 4.78 is 5.90. The molecule has 0 spiro atoms. The van der Waals surface area contributed by atoms with E-state index in [-0.39, 0.29) is 0 Å². The van der Waals surface area contributed by atoms with Crippen LogP contribution in [0.4, 0.5) is 0 Å². The molecular weight excluding hydrogens is 164 g/mol. The van der Waals surface area contributed by atoms with Crippen molar-refractivity contribution in [3.8, 4) is 0 Å². The van der Waals surface area contributed by atoms with Gasteiger partial charge in [-0.1, -0.05) is 13.3 Å². The molecule has 2 fully saturated rings. The quantitative estimate of drug-likeness (QED) is 0.673. The third kappa shape index (κ3) is 1.50. The highest BCUT2D eigenvalue weighted by Gasteiger charge is 2.45. The summed E-state index contributed by atoms with van der Waals surface area (Å²) in [6.07, 6.45) is 4.46. The molecule has 2 aliphatic rings. The second-order valence-corrected chi connectivity index (χ2v) is 4.69. The fraction of sp³-hybridized carbons (Fsp3) is 1.00. The Labute approximate surface area is 80.3 Å². The number of aliphatic hydroxyl groups excluding tert-OH is 1. The van der Waals surface area contributed by atoms with Crippen molar-refractivity contribution in [3.05, 3.63) is 0 Å². The van der Waals surface area contributed by atoms with Crippen LogP contribution in [0.15, 0.2) is 0 Å². The summed E-state index contributed by atoms with van der Waals surface area (Å²) in [4.78, 5) is 0. The predicted molar refractivity (Wildman–Crippen MR) is 51.4 cm³/mol. The van der Waals surface area contributed by atoms with Crippen LogP contribution in [0.1, 0.15) is 33.1 Å². The second kappa shape index (κ2) is 3.58. The lowest BCUT2D eigenvalue weighted by atomic mass is 9.72. The molecular formula is C11H20O2. The van der Waals surface area contributed by atoms with Gasteiger partial charge in [0.25, 0.3) is 0 Å². The highest BCUT2D eigenvalue weighted by Crippen LogP contribution is 2.44. The van der Waals surface area contributed by atoms with Crippen LogP contribution < -0.4 is 0 Å². The maximum atomic E-state index is 9.29. The van der Waals surface area contributed by atoms with Gasteiger partial charge in [0, 0.05) is 6.61 Å². The molecule has 1 saturated heterocycles. The Morgan fingerprint density at radius 1 is 1.31 bits per heavy atom. The molecule has 76 valence electrons. The van der Waals surface area contributed by atoms with Crippen LogP contribution in [0, 0.1) is 17.8 Å². The molecule has 1 saturated carbocycles. The Morgan fingerprint density at radius 3 is 2.77 bits per heavy atom. The molecule has 13 heavy (non-hydrogen) atoms. The minimum atomic E-state index is 0.349. The van der Waals surface area contributed by atoms with Crippen molar-refractivity contribution in [1.29, 1.82) is 0 Å². The van der Waals surface area contributed by atoms with Gasteiger partial charge in [-0.15, -0.1) is 0 Å².